The number of hydrogen-bond acceptors (Lipinski definition) is 5. The maximum atomic E-state index is 12.0. The van der Waals surface area contributed by atoms with Crippen LogP contribution in [0.3, 0.4) is 0 Å². The lowest BCUT2D eigenvalue weighted by atomic mass is 10.2. The maximum Gasteiger partial charge on any atom is 0.350 e. The highest BCUT2D eigenvalue weighted by Gasteiger charge is 2.07. The Morgan fingerprint density at radius 1 is 1.33 bits per heavy atom. The Morgan fingerprint density at radius 2 is 2.19 bits per heavy atom. The Balaban J connectivity index is 1.74. The molecular formula is C14H11N5O2. The molecule has 0 fully saturated rings. The minimum Gasteiger partial charge on any atom is -0.490 e. The number of aromatic nitrogens is 4. The average Bonchev–Trinajstić information content (AvgIpc) is 2.85. The Bertz CT molecular complexity index is 875. The first kappa shape index (κ1) is 12.9. The summed E-state index contributed by atoms with van der Waals surface area (Å²) < 4.78 is 8.26. The molecule has 0 bridgehead atoms. The van der Waals surface area contributed by atoms with Crippen molar-refractivity contribution in [2.45, 2.75) is 6.54 Å². The van der Waals surface area contributed by atoms with E-state index in [-0.39, 0.29) is 12.3 Å². The highest BCUT2D eigenvalue weighted by molar-refractivity contribution is 5.42. The summed E-state index contributed by atoms with van der Waals surface area (Å²) in [5.74, 6) is 0.499. The summed E-state index contributed by atoms with van der Waals surface area (Å²) in [5.41, 5.74) is 0.702. The van der Waals surface area contributed by atoms with Gasteiger partial charge in [0.05, 0.1) is 18.3 Å². The first-order valence-corrected chi connectivity index (χ1v) is 6.31. The van der Waals surface area contributed by atoms with Gasteiger partial charge in [-0.3, -0.25) is 4.98 Å². The van der Waals surface area contributed by atoms with Crippen molar-refractivity contribution in [2.24, 2.45) is 0 Å². The predicted molar refractivity (Wildman–Crippen MR) is 73.9 cm³/mol. The van der Waals surface area contributed by atoms with E-state index in [0.717, 1.165) is 0 Å². The molecule has 21 heavy (non-hydrogen) atoms. The summed E-state index contributed by atoms with van der Waals surface area (Å²) in [6, 6.07) is 9.01. The van der Waals surface area contributed by atoms with Gasteiger partial charge in [-0.2, -0.15) is 5.26 Å². The number of benzene rings is 1. The Hall–Kier alpha value is -3.14. The van der Waals surface area contributed by atoms with Gasteiger partial charge in [0.15, 0.2) is 5.65 Å². The number of rotatable bonds is 4. The van der Waals surface area contributed by atoms with Crippen molar-refractivity contribution < 1.29 is 4.74 Å². The minimum atomic E-state index is -0.246. The summed E-state index contributed by atoms with van der Waals surface area (Å²) in [6.45, 7) is 0.538. The Labute approximate surface area is 119 Å². The van der Waals surface area contributed by atoms with Gasteiger partial charge in [-0.15, -0.1) is 5.10 Å². The summed E-state index contributed by atoms with van der Waals surface area (Å²) in [5, 5.41) is 13.1. The third-order valence-corrected chi connectivity index (χ3v) is 2.96. The van der Waals surface area contributed by atoms with Crippen LogP contribution in [-0.2, 0) is 6.54 Å². The predicted octanol–water partition coefficient (Wildman–Crippen LogP) is 0.842. The number of nitrogens with zero attached hydrogens (tertiary/aromatic N) is 5. The average molecular weight is 281 g/mol. The summed E-state index contributed by atoms with van der Waals surface area (Å²) >= 11 is 0. The molecule has 1 aromatic carbocycles. The van der Waals surface area contributed by atoms with Gasteiger partial charge in [0, 0.05) is 12.4 Å². The first-order chi connectivity index (χ1) is 10.3. The molecule has 0 saturated heterocycles. The number of hydrogen-bond donors (Lipinski definition) is 0. The van der Waals surface area contributed by atoms with E-state index in [1.807, 2.05) is 0 Å². The summed E-state index contributed by atoms with van der Waals surface area (Å²) in [4.78, 5) is 15.9. The molecule has 0 atom stereocenters. The smallest absolute Gasteiger partial charge is 0.350 e. The quantitative estimate of drug-likeness (QED) is 0.707. The molecule has 104 valence electrons. The SMILES string of the molecule is N#Cc1ccccc1OCCn1nc2cnccn2c1=O. The second kappa shape index (κ2) is 5.46. The van der Waals surface area contributed by atoms with Crippen LogP contribution in [-0.4, -0.2) is 25.8 Å². The zero-order chi connectivity index (χ0) is 14.7. The fourth-order valence-electron chi connectivity index (χ4n) is 1.95. The molecule has 0 N–H and O–H groups in total. The van der Waals surface area contributed by atoms with E-state index >= 15 is 0 Å². The van der Waals surface area contributed by atoms with Crippen LogP contribution in [0.2, 0.25) is 0 Å². The number of para-hydroxylation sites is 1. The van der Waals surface area contributed by atoms with Crippen LogP contribution in [0.4, 0.5) is 0 Å². The fraction of sp³-hybridized carbons (Fsp3) is 0.143. The summed E-state index contributed by atoms with van der Waals surface area (Å²) in [7, 11) is 0. The van der Waals surface area contributed by atoms with Gasteiger partial charge in [0.25, 0.3) is 0 Å². The van der Waals surface area contributed by atoms with E-state index in [4.69, 9.17) is 10.00 Å². The number of ether oxygens (including phenoxy) is 1. The third-order valence-electron chi connectivity index (χ3n) is 2.96. The van der Waals surface area contributed by atoms with E-state index in [1.165, 1.54) is 21.5 Å². The lowest BCUT2D eigenvalue weighted by Gasteiger charge is -2.06. The van der Waals surface area contributed by atoms with Crippen molar-refractivity contribution in [3.63, 3.8) is 0 Å². The molecule has 2 aromatic heterocycles. The topological polar surface area (TPSA) is 85.2 Å². The molecule has 0 unspecified atom stereocenters. The van der Waals surface area contributed by atoms with Crippen molar-refractivity contribution in [2.75, 3.05) is 6.61 Å². The van der Waals surface area contributed by atoms with Crippen LogP contribution in [0.25, 0.3) is 5.65 Å². The Morgan fingerprint density at radius 3 is 3.00 bits per heavy atom. The van der Waals surface area contributed by atoms with Gasteiger partial charge in [-0.25, -0.2) is 13.9 Å². The maximum absolute atomic E-state index is 12.0. The second-order valence-electron chi connectivity index (χ2n) is 4.27. The monoisotopic (exact) mass is 281 g/mol. The molecule has 3 rings (SSSR count). The van der Waals surface area contributed by atoms with Crippen LogP contribution in [0.15, 0.2) is 47.7 Å². The normalized spacial score (nSPS) is 10.4. The standard InChI is InChI=1S/C14H11N5O2/c15-9-11-3-1-2-4-12(11)21-8-7-19-14(20)18-6-5-16-10-13(18)17-19/h1-6,10H,7-8H2. The fourth-order valence-corrected chi connectivity index (χ4v) is 1.95. The molecule has 0 aliphatic heterocycles. The van der Waals surface area contributed by atoms with E-state index in [2.05, 4.69) is 16.2 Å². The lowest BCUT2D eigenvalue weighted by molar-refractivity contribution is 0.288. The highest BCUT2D eigenvalue weighted by atomic mass is 16.5. The molecule has 7 nitrogen and oxygen atoms in total. The molecule has 7 heteroatoms. The second-order valence-corrected chi connectivity index (χ2v) is 4.27. The van der Waals surface area contributed by atoms with E-state index < -0.39 is 0 Å². The molecule has 0 saturated carbocycles. The van der Waals surface area contributed by atoms with Gasteiger partial charge < -0.3 is 4.74 Å². The third kappa shape index (κ3) is 2.47. The first-order valence-electron chi connectivity index (χ1n) is 6.31. The zero-order valence-corrected chi connectivity index (χ0v) is 11.0. The number of fused-ring (bicyclic) bond motifs is 1. The van der Waals surface area contributed by atoms with E-state index in [9.17, 15) is 4.79 Å². The molecular weight excluding hydrogens is 270 g/mol. The van der Waals surface area contributed by atoms with Gasteiger partial charge in [0.1, 0.15) is 18.4 Å². The van der Waals surface area contributed by atoms with Gasteiger partial charge in [-0.05, 0) is 12.1 Å². The van der Waals surface area contributed by atoms with Crippen LogP contribution >= 0.6 is 0 Å². The van der Waals surface area contributed by atoms with Crippen molar-refractivity contribution in [1.29, 1.82) is 5.26 Å². The highest BCUT2D eigenvalue weighted by Crippen LogP contribution is 2.16. The Kier molecular flexibility index (Phi) is 3.35. The van der Waals surface area contributed by atoms with Crippen LogP contribution in [0.1, 0.15) is 5.56 Å². The van der Waals surface area contributed by atoms with Crippen molar-refractivity contribution in [3.05, 3.63) is 58.9 Å². The largest absolute Gasteiger partial charge is 0.490 e. The van der Waals surface area contributed by atoms with Crippen molar-refractivity contribution >= 4 is 5.65 Å². The molecule has 0 spiro atoms. The zero-order valence-electron chi connectivity index (χ0n) is 11.0. The molecule has 3 aromatic rings. The molecule has 0 aliphatic rings. The molecule has 0 aliphatic carbocycles. The molecule has 0 amide bonds. The van der Waals surface area contributed by atoms with E-state index in [1.54, 1.807) is 30.5 Å². The van der Waals surface area contributed by atoms with Gasteiger partial charge >= 0.3 is 5.69 Å². The summed E-state index contributed by atoms with van der Waals surface area (Å²) in [6.07, 6.45) is 4.61. The molecule has 2 heterocycles. The van der Waals surface area contributed by atoms with Gasteiger partial charge in [0.2, 0.25) is 0 Å². The molecule has 0 radical (unpaired) electrons. The lowest BCUT2D eigenvalue weighted by Crippen LogP contribution is -2.24. The minimum absolute atomic E-state index is 0.246. The number of nitriles is 1. The van der Waals surface area contributed by atoms with E-state index in [0.29, 0.717) is 23.5 Å². The van der Waals surface area contributed by atoms with Crippen molar-refractivity contribution in [1.82, 2.24) is 19.2 Å². The van der Waals surface area contributed by atoms with Crippen LogP contribution in [0.5, 0.6) is 5.75 Å². The van der Waals surface area contributed by atoms with Crippen molar-refractivity contribution in [3.8, 4) is 11.8 Å². The van der Waals surface area contributed by atoms with Gasteiger partial charge in [-0.1, -0.05) is 12.1 Å². The van der Waals surface area contributed by atoms with Crippen LogP contribution < -0.4 is 10.4 Å². The van der Waals surface area contributed by atoms with Crippen LogP contribution in [0, 0.1) is 11.3 Å².